The molecule has 0 radical (unpaired) electrons. The average Bonchev–Trinajstić information content (AvgIpc) is 2.93. The molecule has 0 unspecified atom stereocenters. The second kappa shape index (κ2) is 4.85. The van der Waals surface area contributed by atoms with Gasteiger partial charge in [0.1, 0.15) is 0 Å². The Bertz CT molecular complexity index is 426. The van der Waals surface area contributed by atoms with Gasteiger partial charge in [-0.15, -0.1) is 0 Å². The SMILES string of the molecule is NC1(C(=NCc2ccccc2)C2CCCC2)CC1. The summed E-state index contributed by atoms with van der Waals surface area (Å²) in [5.41, 5.74) is 8.98. The zero-order valence-corrected chi connectivity index (χ0v) is 10.9. The number of hydrogen-bond donors (Lipinski definition) is 1. The van der Waals surface area contributed by atoms with Gasteiger partial charge in [0.05, 0.1) is 12.1 Å². The van der Waals surface area contributed by atoms with Crippen molar-refractivity contribution in [3.8, 4) is 0 Å². The molecular formula is C16H22N2. The second-order valence-corrected chi connectivity index (χ2v) is 5.82. The van der Waals surface area contributed by atoms with E-state index in [1.165, 1.54) is 37.0 Å². The van der Waals surface area contributed by atoms with E-state index >= 15 is 0 Å². The summed E-state index contributed by atoms with van der Waals surface area (Å²) in [6.07, 6.45) is 7.57. The number of hydrogen-bond acceptors (Lipinski definition) is 2. The van der Waals surface area contributed by atoms with Crippen LogP contribution in [0.15, 0.2) is 35.3 Å². The molecule has 2 heteroatoms. The Balaban J connectivity index is 1.76. The molecule has 0 aliphatic heterocycles. The predicted octanol–water partition coefficient (Wildman–Crippen LogP) is 3.31. The molecule has 0 aromatic heterocycles. The van der Waals surface area contributed by atoms with Crippen LogP contribution in [0.4, 0.5) is 0 Å². The van der Waals surface area contributed by atoms with Crippen molar-refractivity contribution >= 4 is 5.71 Å². The molecule has 0 bridgehead atoms. The Labute approximate surface area is 109 Å². The van der Waals surface area contributed by atoms with Gasteiger partial charge in [0.2, 0.25) is 0 Å². The van der Waals surface area contributed by atoms with E-state index in [1.54, 1.807) is 0 Å². The van der Waals surface area contributed by atoms with Gasteiger partial charge >= 0.3 is 0 Å². The normalized spacial score (nSPS) is 23.3. The van der Waals surface area contributed by atoms with E-state index in [1.807, 2.05) is 0 Å². The fourth-order valence-electron chi connectivity index (χ4n) is 3.04. The van der Waals surface area contributed by atoms with Crippen molar-refractivity contribution in [1.82, 2.24) is 0 Å². The second-order valence-electron chi connectivity index (χ2n) is 5.82. The fourth-order valence-corrected chi connectivity index (χ4v) is 3.04. The van der Waals surface area contributed by atoms with Crippen LogP contribution >= 0.6 is 0 Å². The van der Waals surface area contributed by atoms with Crippen LogP contribution in [-0.4, -0.2) is 11.3 Å². The smallest absolute Gasteiger partial charge is 0.0640 e. The molecule has 0 saturated heterocycles. The molecule has 1 aromatic carbocycles. The van der Waals surface area contributed by atoms with Crippen LogP contribution in [0.2, 0.25) is 0 Å². The first-order valence-corrected chi connectivity index (χ1v) is 7.16. The van der Waals surface area contributed by atoms with Crippen molar-refractivity contribution in [3.63, 3.8) is 0 Å². The van der Waals surface area contributed by atoms with E-state index in [-0.39, 0.29) is 5.54 Å². The Hall–Kier alpha value is -1.15. The first-order valence-electron chi connectivity index (χ1n) is 7.16. The van der Waals surface area contributed by atoms with E-state index in [0.29, 0.717) is 5.92 Å². The summed E-state index contributed by atoms with van der Waals surface area (Å²) in [6, 6.07) is 10.5. The predicted molar refractivity (Wildman–Crippen MR) is 75.7 cm³/mol. The van der Waals surface area contributed by atoms with Gasteiger partial charge < -0.3 is 5.73 Å². The largest absolute Gasteiger partial charge is 0.320 e. The third kappa shape index (κ3) is 2.49. The first kappa shape index (κ1) is 11.9. The zero-order chi connectivity index (χ0) is 12.4. The summed E-state index contributed by atoms with van der Waals surface area (Å²) >= 11 is 0. The van der Waals surface area contributed by atoms with Gasteiger partial charge in [0, 0.05) is 5.71 Å². The van der Waals surface area contributed by atoms with Crippen molar-refractivity contribution in [3.05, 3.63) is 35.9 Å². The van der Waals surface area contributed by atoms with Gasteiger partial charge in [-0.25, -0.2) is 0 Å². The lowest BCUT2D eigenvalue weighted by molar-refractivity contribution is 0.674. The van der Waals surface area contributed by atoms with Gasteiger partial charge in [-0.05, 0) is 37.2 Å². The molecule has 3 rings (SSSR count). The van der Waals surface area contributed by atoms with Crippen LogP contribution in [0.1, 0.15) is 44.1 Å². The molecule has 2 nitrogen and oxygen atoms in total. The quantitative estimate of drug-likeness (QED) is 0.808. The van der Waals surface area contributed by atoms with Crippen molar-refractivity contribution in [2.45, 2.75) is 50.6 Å². The van der Waals surface area contributed by atoms with E-state index in [9.17, 15) is 0 Å². The standard InChI is InChI=1S/C16H22N2/c17-16(10-11-16)15(14-8-4-5-9-14)18-12-13-6-2-1-3-7-13/h1-3,6-7,14H,4-5,8-12,17H2. The molecule has 0 atom stereocenters. The summed E-state index contributed by atoms with van der Waals surface area (Å²) in [7, 11) is 0. The molecule has 1 aromatic rings. The van der Waals surface area contributed by atoms with E-state index < -0.39 is 0 Å². The van der Waals surface area contributed by atoms with Crippen molar-refractivity contribution in [2.24, 2.45) is 16.6 Å². The van der Waals surface area contributed by atoms with E-state index in [4.69, 9.17) is 10.7 Å². The molecule has 0 spiro atoms. The molecule has 18 heavy (non-hydrogen) atoms. The van der Waals surface area contributed by atoms with Crippen LogP contribution in [0.5, 0.6) is 0 Å². The number of nitrogens with two attached hydrogens (primary N) is 1. The molecular weight excluding hydrogens is 220 g/mol. The summed E-state index contributed by atoms with van der Waals surface area (Å²) in [6.45, 7) is 0.797. The number of benzene rings is 1. The minimum Gasteiger partial charge on any atom is -0.320 e. The third-order valence-corrected chi connectivity index (χ3v) is 4.32. The summed E-state index contributed by atoms with van der Waals surface area (Å²) in [5.74, 6) is 0.668. The highest BCUT2D eigenvalue weighted by Crippen LogP contribution is 2.41. The Kier molecular flexibility index (Phi) is 3.21. The highest BCUT2D eigenvalue weighted by Gasteiger charge is 2.46. The van der Waals surface area contributed by atoms with Gasteiger partial charge in [-0.1, -0.05) is 43.2 Å². The molecule has 0 heterocycles. The van der Waals surface area contributed by atoms with Gasteiger partial charge in [-0.2, -0.15) is 0 Å². The van der Waals surface area contributed by atoms with Gasteiger partial charge in [0.25, 0.3) is 0 Å². The summed E-state index contributed by atoms with van der Waals surface area (Å²) in [4.78, 5) is 4.90. The van der Waals surface area contributed by atoms with Gasteiger partial charge in [-0.3, -0.25) is 4.99 Å². The minimum atomic E-state index is -0.0379. The monoisotopic (exact) mass is 242 g/mol. The van der Waals surface area contributed by atoms with Crippen molar-refractivity contribution < 1.29 is 0 Å². The lowest BCUT2D eigenvalue weighted by Gasteiger charge is -2.19. The maximum Gasteiger partial charge on any atom is 0.0640 e. The van der Waals surface area contributed by atoms with Crippen LogP contribution in [0, 0.1) is 5.92 Å². The summed E-state index contributed by atoms with van der Waals surface area (Å²) in [5, 5.41) is 0. The third-order valence-electron chi connectivity index (χ3n) is 4.32. The maximum absolute atomic E-state index is 6.40. The lowest BCUT2D eigenvalue weighted by Crippen LogP contribution is -2.37. The Morgan fingerprint density at radius 1 is 1.17 bits per heavy atom. The molecule has 2 aliphatic rings. The van der Waals surface area contributed by atoms with Crippen LogP contribution in [0.25, 0.3) is 0 Å². The Morgan fingerprint density at radius 2 is 1.83 bits per heavy atom. The van der Waals surface area contributed by atoms with Crippen molar-refractivity contribution in [2.75, 3.05) is 0 Å². The number of rotatable bonds is 4. The zero-order valence-electron chi connectivity index (χ0n) is 10.9. The first-order chi connectivity index (χ1) is 8.78. The topological polar surface area (TPSA) is 38.4 Å². The number of aliphatic imine (C=N–C) groups is 1. The maximum atomic E-state index is 6.40. The molecule has 96 valence electrons. The summed E-state index contributed by atoms with van der Waals surface area (Å²) < 4.78 is 0. The molecule has 0 amide bonds. The minimum absolute atomic E-state index is 0.0379. The van der Waals surface area contributed by atoms with E-state index in [2.05, 4.69) is 30.3 Å². The van der Waals surface area contributed by atoms with Crippen molar-refractivity contribution in [1.29, 1.82) is 0 Å². The van der Waals surface area contributed by atoms with Crippen LogP contribution < -0.4 is 5.73 Å². The van der Waals surface area contributed by atoms with Gasteiger partial charge in [0.15, 0.2) is 0 Å². The highest BCUT2D eigenvalue weighted by molar-refractivity contribution is 5.98. The molecule has 2 fully saturated rings. The number of nitrogens with zero attached hydrogens (tertiary/aromatic N) is 1. The van der Waals surface area contributed by atoms with E-state index in [0.717, 1.165) is 19.4 Å². The van der Waals surface area contributed by atoms with Crippen LogP contribution in [-0.2, 0) is 6.54 Å². The molecule has 2 N–H and O–H groups in total. The Morgan fingerprint density at radius 3 is 2.44 bits per heavy atom. The molecule has 2 saturated carbocycles. The fraction of sp³-hybridized carbons (Fsp3) is 0.562. The lowest BCUT2D eigenvalue weighted by atomic mass is 9.94. The highest BCUT2D eigenvalue weighted by atomic mass is 14.9. The molecule has 2 aliphatic carbocycles. The average molecular weight is 242 g/mol. The van der Waals surface area contributed by atoms with Crippen LogP contribution in [0.3, 0.4) is 0 Å².